The van der Waals surface area contributed by atoms with Crippen LogP contribution in [0.4, 0.5) is 0 Å². The van der Waals surface area contributed by atoms with Gasteiger partial charge >= 0.3 is 0 Å². The molecule has 0 aromatic carbocycles. The first kappa shape index (κ1) is 10.7. The summed E-state index contributed by atoms with van der Waals surface area (Å²) in [6.07, 6.45) is 0. The first-order valence-electron chi connectivity index (χ1n) is 6.25. The minimum Gasteiger partial charge on any atom is -0.494 e. The van der Waals surface area contributed by atoms with Crippen LogP contribution >= 0.6 is 0 Å². The molecule has 100 valence electrons. The van der Waals surface area contributed by atoms with E-state index in [-0.39, 0.29) is 35.4 Å². The molecule has 6 heteroatoms. The zero-order valence-electron chi connectivity index (χ0n) is 10.5. The van der Waals surface area contributed by atoms with Crippen molar-refractivity contribution in [3.63, 3.8) is 0 Å². The Bertz CT molecular complexity index is 684. The Morgan fingerprint density at radius 2 is 1.16 bits per heavy atom. The minimum atomic E-state index is -0.115. The summed E-state index contributed by atoms with van der Waals surface area (Å²) in [6, 6.07) is 0. The minimum absolute atomic E-state index is 0.0301. The fourth-order valence-electron chi connectivity index (χ4n) is 3.62. The predicted molar refractivity (Wildman–Crippen MR) is 65.9 cm³/mol. The SMILES string of the molecule is CCn1c(O)c2c(c1O)C1c3c(c(O)n(C)c3O)C21. The molecule has 19 heavy (non-hydrogen) atoms. The zero-order valence-corrected chi connectivity index (χ0v) is 10.5. The molecule has 2 aromatic heterocycles. The van der Waals surface area contributed by atoms with Crippen LogP contribution in [0.3, 0.4) is 0 Å². The maximum atomic E-state index is 10.1. The number of aromatic hydroxyl groups is 4. The summed E-state index contributed by atoms with van der Waals surface area (Å²) in [5, 5.41) is 40.2. The molecule has 2 unspecified atom stereocenters. The summed E-state index contributed by atoms with van der Waals surface area (Å²) in [5.74, 6) is -0.0500. The van der Waals surface area contributed by atoms with E-state index in [0.717, 1.165) is 0 Å². The van der Waals surface area contributed by atoms with Crippen molar-refractivity contribution in [1.29, 1.82) is 0 Å². The molecule has 0 fully saturated rings. The molecular weight excluding hydrogens is 248 g/mol. The van der Waals surface area contributed by atoms with Gasteiger partial charge in [-0.05, 0) is 6.92 Å². The van der Waals surface area contributed by atoms with Crippen molar-refractivity contribution in [3.05, 3.63) is 22.3 Å². The number of fused-ring (bicyclic) bond motifs is 7. The average molecular weight is 262 g/mol. The first-order valence-corrected chi connectivity index (χ1v) is 6.25. The van der Waals surface area contributed by atoms with Crippen LogP contribution in [0.5, 0.6) is 23.5 Å². The standard InChI is InChI=1S/C13H14N2O4/c1-3-15-12(18)8-4-5(9(8)13(15)19)7-6(4)10(16)14(2)11(7)17/h4-5,16-19H,3H2,1-2H3. The van der Waals surface area contributed by atoms with Crippen LogP contribution in [0.1, 0.15) is 41.0 Å². The highest BCUT2D eigenvalue weighted by Gasteiger charge is 2.59. The highest BCUT2D eigenvalue weighted by Crippen LogP contribution is 2.72. The Kier molecular flexibility index (Phi) is 1.59. The monoisotopic (exact) mass is 262 g/mol. The fraction of sp³-hybridized carbons (Fsp3) is 0.385. The van der Waals surface area contributed by atoms with Gasteiger partial charge in [0.15, 0.2) is 23.5 Å². The number of rotatable bonds is 1. The maximum Gasteiger partial charge on any atom is 0.198 e. The molecule has 2 atom stereocenters. The lowest BCUT2D eigenvalue weighted by Gasteiger charge is -2.45. The quantitative estimate of drug-likeness (QED) is 0.622. The molecule has 0 saturated carbocycles. The number of hydrogen-bond donors (Lipinski definition) is 4. The largest absolute Gasteiger partial charge is 0.494 e. The highest BCUT2D eigenvalue weighted by atomic mass is 16.3. The van der Waals surface area contributed by atoms with Crippen molar-refractivity contribution in [2.24, 2.45) is 7.05 Å². The van der Waals surface area contributed by atoms with Crippen LogP contribution in [0.2, 0.25) is 0 Å². The van der Waals surface area contributed by atoms with Crippen LogP contribution in [-0.2, 0) is 13.6 Å². The van der Waals surface area contributed by atoms with Crippen molar-refractivity contribution >= 4 is 0 Å². The summed E-state index contributed by atoms with van der Waals surface area (Å²) in [5.41, 5.74) is 2.69. The second kappa shape index (κ2) is 2.84. The molecular formula is C13H14N2O4. The van der Waals surface area contributed by atoms with Crippen molar-refractivity contribution < 1.29 is 20.4 Å². The van der Waals surface area contributed by atoms with Gasteiger partial charge in [-0.25, -0.2) is 0 Å². The van der Waals surface area contributed by atoms with Gasteiger partial charge in [-0.3, -0.25) is 9.13 Å². The first-order chi connectivity index (χ1) is 9.00. The van der Waals surface area contributed by atoms with Gasteiger partial charge in [-0.2, -0.15) is 0 Å². The third-order valence-corrected chi connectivity index (χ3v) is 4.58. The van der Waals surface area contributed by atoms with E-state index in [4.69, 9.17) is 0 Å². The lowest BCUT2D eigenvalue weighted by Crippen LogP contribution is -2.33. The van der Waals surface area contributed by atoms with Gasteiger partial charge in [0.25, 0.3) is 0 Å². The van der Waals surface area contributed by atoms with E-state index in [9.17, 15) is 20.4 Å². The normalized spacial score (nSPS) is 22.2. The average Bonchev–Trinajstić information content (AvgIpc) is 2.65. The summed E-state index contributed by atoms with van der Waals surface area (Å²) in [4.78, 5) is 0. The fourth-order valence-corrected chi connectivity index (χ4v) is 3.62. The molecule has 0 amide bonds. The van der Waals surface area contributed by atoms with Gasteiger partial charge in [0.1, 0.15) is 0 Å². The zero-order chi connectivity index (χ0) is 13.6. The molecule has 2 aliphatic carbocycles. The van der Waals surface area contributed by atoms with Gasteiger partial charge in [0.2, 0.25) is 0 Å². The van der Waals surface area contributed by atoms with Crippen LogP contribution < -0.4 is 0 Å². The maximum absolute atomic E-state index is 10.1. The van der Waals surface area contributed by atoms with Gasteiger partial charge in [0, 0.05) is 47.7 Å². The highest BCUT2D eigenvalue weighted by molar-refractivity contribution is 5.77. The Labute approximate surface area is 108 Å². The van der Waals surface area contributed by atoms with Gasteiger partial charge in [-0.1, -0.05) is 0 Å². The molecule has 0 spiro atoms. The number of nitrogens with zero attached hydrogens (tertiary/aromatic N) is 2. The van der Waals surface area contributed by atoms with E-state index >= 15 is 0 Å². The molecule has 0 saturated heterocycles. The van der Waals surface area contributed by atoms with Crippen molar-refractivity contribution in [2.45, 2.75) is 25.3 Å². The predicted octanol–water partition coefficient (Wildman–Crippen LogP) is 1.26. The van der Waals surface area contributed by atoms with Crippen molar-refractivity contribution in [3.8, 4) is 23.5 Å². The van der Waals surface area contributed by atoms with E-state index in [1.807, 2.05) is 6.92 Å². The van der Waals surface area contributed by atoms with E-state index in [1.165, 1.54) is 9.13 Å². The molecule has 2 aliphatic rings. The molecule has 6 nitrogen and oxygen atoms in total. The topological polar surface area (TPSA) is 90.8 Å². The van der Waals surface area contributed by atoms with Gasteiger partial charge in [-0.15, -0.1) is 0 Å². The van der Waals surface area contributed by atoms with Crippen LogP contribution in [0.25, 0.3) is 0 Å². The summed E-state index contributed by atoms with van der Waals surface area (Å²) >= 11 is 0. The molecule has 0 bridgehead atoms. The van der Waals surface area contributed by atoms with Gasteiger partial charge in [0.05, 0.1) is 0 Å². The second-order valence-corrected chi connectivity index (χ2v) is 5.21. The summed E-state index contributed by atoms with van der Waals surface area (Å²) < 4.78 is 2.77. The smallest absolute Gasteiger partial charge is 0.198 e. The lowest BCUT2D eigenvalue weighted by atomic mass is 9.55. The van der Waals surface area contributed by atoms with E-state index in [0.29, 0.717) is 28.8 Å². The molecule has 2 heterocycles. The second-order valence-electron chi connectivity index (χ2n) is 5.21. The Morgan fingerprint density at radius 1 is 0.789 bits per heavy atom. The van der Waals surface area contributed by atoms with Crippen LogP contribution in [0.15, 0.2) is 0 Å². The molecule has 0 aliphatic heterocycles. The third-order valence-electron chi connectivity index (χ3n) is 4.58. The lowest BCUT2D eigenvalue weighted by molar-refractivity contribution is 0.372. The van der Waals surface area contributed by atoms with E-state index < -0.39 is 0 Å². The van der Waals surface area contributed by atoms with Crippen LogP contribution in [-0.4, -0.2) is 29.6 Å². The summed E-state index contributed by atoms with van der Waals surface area (Å²) in [7, 11) is 1.58. The number of hydrogen-bond acceptors (Lipinski definition) is 4. The van der Waals surface area contributed by atoms with Crippen LogP contribution in [0, 0.1) is 0 Å². The molecule has 0 radical (unpaired) electrons. The number of aromatic nitrogens is 2. The van der Waals surface area contributed by atoms with Crippen molar-refractivity contribution in [2.75, 3.05) is 0 Å². The molecule has 4 N–H and O–H groups in total. The van der Waals surface area contributed by atoms with Gasteiger partial charge < -0.3 is 20.4 Å². The Balaban J connectivity index is 1.96. The van der Waals surface area contributed by atoms with E-state index in [1.54, 1.807) is 7.05 Å². The third kappa shape index (κ3) is 0.836. The summed E-state index contributed by atoms with van der Waals surface area (Å²) in [6.45, 7) is 2.31. The molecule has 4 rings (SSSR count). The Morgan fingerprint density at radius 3 is 1.53 bits per heavy atom. The van der Waals surface area contributed by atoms with E-state index in [2.05, 4.69) is 0 Å². The Hall–Kier alpha value is -2.24. The van der Waals surface area contributed by atoms with Crippen molar-refractivity contribution in [1.82, 2.24) is 9.13 Å². The molecule has 2 aromatic rings.